The van der Waals surface area contributed by atoms with Gasteiger partial charge in [0, 0.05) is 0 Å². The summed E-state index contributed by atoms with van der Waals surface area (Å²) in [5.41, 5.74) is 4.50. The van der Waals surface area contributed by atoms with Crippen molar-refractivity contribution in [2.45, 2.75) is 37.1 Å². The van der Waals surface area contributed by atoms with E-state index in [1.165, 1.54) is 0 Å². The summed E-state index contributed by atoms with van der Waals surface area (Å²) in [5, 5.41) is 42.8. The molecule has 3 aromatic rings. The third-order valence-corrected chi connectivity index (χ3v) is 5.74. The van der Waals surface area contributed by atoms with Gasteiger partial charge < -0.3 is 35.0 Å². The summed E-state index contributed by atoms with van der Waals surface area (Å²) in [6.07, 6.45) is -4.44. The molecule has 0 spiro atoms. The van der Waals surface area contributed by atoms with Crippen molar-refractivity contribution in [1.82, 2.24) is 9.55 Å². The lowest BCUT2D eigenvalue weighted by Gasteiger charge is -2.40. The van der Waals surface area contributed by atoms with Crippen LogP contribution in [0, 0.1) is 0 Å². The van der Waals surface area contributed by atoms with E-state index in [1.807, 2.05) is 24.3 Å². The number of aromatic nitrogens is 2. The first-order chi connectivity index (χ1) is 14.5. The number of ether oxygens (including phenoxy) is 1. The van der Waals surface area contributed by atoms with Gasteiger partial charge in [0.25, 0.3) is 0 Å². The highest BCUT2D eigenvalue weighted by Crippen LogP contribution is 2.36. The number of nitrogens with one attached hydrogen (secondary N) is 1. The van der Waals surface area contributed by atoms with Crippen LogP contribution in [0.2, 0.25) is 0 Å². The van der Waals surface area contributed by atoms with Crippen molar-refractivity contribution in [3.8, 4) is 11.1 Å². The zero-order valence-corrected chi connectivity index (χ0v) is 15.8. The molecule has 5 rings (SSSR count). The van der Waals surface area contributed by atoms with Crippen molar-refractivity contribution >= 4 is 22.6 Å². The third kappa shape index (κ3) is 2.99. The van der Waals surface area contributed by atoms with Crippen LogP contribution in [0.3, 0.4) is 0 Å². The summed E-state index contributed by atoms with van der Waals surface area (Å²) in [5.74, 6) is -0.117. The Labute approximate surface area is 171 Å². The van der Waals surface area contributed by atoms with Crippen LogP contribution in [-0.2, 0) is 16.1 Å². The van der Waals surface area contributed by atoms with Crippen LogP contribution in [0.5, 0.6) is 0 Å². The van der Waals surface area contributed by atoms with Crippen molar-refractivity contribution in [3.05, 3.63) is 48.3 Å². The summed E-state index contributed by atoms with van der Waals surface area (Å²) in [7, 11) is 0. The predicted octanol–water partition coefficient (Wildman–Crippen LogP) is 0.170. The molecule has 1 fully saturated rings. The molecule has 0 radical (unpaired) electrons. The Kier molecular flexibility index (Phi) is 4.57. The first-order valence-electron chi connectivity index (χ1n) is 9.66. The second kappa shape index (κ2) is 7.15. The number of imidazole rings is 1. The molecule has 5 unspecified atom stereocenters. The van der Waals surface area contributed by atoms with Crippen LogP contribution in [0.1, 0.15) is 11.7 Å². The maximum absolute atomic E-state index is 12.0. The third-order valence-electron chi connectivity index (χ3n) is 5.74. The molecule has 1 amide bonds. The monoisotopic (exact) mass is 411 g/mol. The quantitative estimate of drug-likeness (QED) is 0.414. The van der Waals surface area contributed by atoms with Gasteiger partial charge in [0.15, 0.2) is 0 Å². The highest BCUT2D eigenvalue weighted by atomic mass is 16.5. The lowest BCUT2D eigenvalue weighted by Crippen LogP contribution is -2.55. The summed E-state index contributed by atoms with van der Waals surface area (Å²) in [6, 6.07) is 11.0. The average Bonchev–Trinajstić information content (AvgIpc) is 3.16. The van der Waals surface area contributed by atoms with E-state index in [0.29, 0.717) is 11.3 Å². The summed E-state index contributed by atoms with van der Waals surface area (Å²) in [6.45, 7) is -0.251. The van der Waals surface area contributed by atoms with Crippen LogP contribution < -0.4 is 5.32 Å². The topological polar surface area (TPSA) is 137 Å². The number of anilines is 1. The minimum atomic E-state index is -1.44. The Bertz CT molecular complexity index is 1130. The molecule has 0 bridgehead atoms. The molecule has 9 heteroatoms. The molecule has 3 heterocycles. The van der Waals surface area contributed by atoms with Gasteiger partial charge >= 0.3 is 0 Å². The lowest BCUT2D eigenvalue weighted by atomic mass is 9.90. The number of hydrogen-bond acceptors (Lipinski definition) is 7. The Morgan fingerprint density at radius 3 is 2.73 bits per heavy atom. The van der Waals surface area contributed by atoms with Crippen LogP contribution in [0.15, 0.2) is 42.7 Å². The number of aliphatic hydroxyl groups excluding tert-OH is 4. The molecule has 5 N–H and O–H groups in total. The minimum Gasteiger partial charge on any atom is -0.394 e. The van der Waals surface area contributed by atoms with E-state index in [4.69, 9.17) is 4.74 Å². The molecule has 9 nitrogen and oxygen atoms in total. The summed E-state index contributed by atoms with van der Waals surface area (Å²) < 4.78 is 7.47. The van der Waals surface area contributed by atoms with Gasteiger partial charge in [-0.3, -0.25) is 4.79 Å². The first-order valence-corrected chi connectivity index (χ1v) is 9.66. The van der Waals surface area contributed by atoms with Crippen molar-refractivity contribution in [2.24, 2.45) is 0 Å². The fourth-order valence-corrected chi connectivity index (χ4v) is 4.21. The van der Waals surface area contributed by atoms with E-state index in [9.17, 15) is 25.2 Å². The van der Waals surface area contributed by atoms with Gasteiger partial charge in [0.1, 0.15) is 37.1 Å². The van der Waals surface area contributed by atoms with Crippen LogP contribution in [-0.4, -0.2) is 66.9 Å². The van der Waals surface area contributed by atoms with E-state index < -0.39 is 37.1 Å². The number of rotatable bonds is 3. The van der Waals surface area contributed by atoms with Crippen molar-refractivity contribution in [1.29, 1.82) is 0 Å². The molecule has 0 aliphatic carbocycles. The summed E-state index contributed by atoms with van der Waals surface area (Å²) in [4.78, 5) is 16.3. The molecule has 30 heavy (non-hydrogen) atoms. The van der Waals surface area contributed by atoms with E-state index in [-0.39, 0.29) is 12.5 Å². The number of hydrogen-bond donors (Lipinski definition) is 5. The Morgan fingerprint density at radius 1 is 1.10 bits per heavy atom. The van der Waals surface area contributed by atoms with Crippen LogP contribution >= 0.6 is 0 Å². The highest BCUT2D eigenvalue weighted by molar-refractivity contribution is 6.05. The molecule has 2 aliphatic heterocycles. The van der Waals surface area contributed by atoms with Gasteiger partial charge in [0.05, 0.1) is 29.7 Å². The normalized spacial score (nSPS) is 28.5. The molecule has 1 saturated heterocycles. The Morgan fingerprint density at radius 2 is 1.93 bits per heavy atom. The largest absolute Gasteiger partial charge is 0.394 e. The van der Waals surface area contributed by atoms with E-state index >= 15 is 0 Å². The molecule has 0 saturated carbocycles. The number of carbonyl (C=O) groups excluding carboxylic acids is 1. The van der Waals surface area contributed by atoms with E-state index in [0.717, 1.165) is 22.2 Å². The number of amides is 1. The fourth-order valence-electron chi connectivity index (χ4n) is 4.21. The SMILES string of the molecule is O=C1Cn2cnc3cc(-c4cccc(C5OC(CO)C(O)C(O)C5O)c4)cc(c32)N1. The number of benzene rings is 2. The van der Waals surface area contributed by atoms with Gasteiger partial charge in [-0.1, -0.05) is 18.2 Å². The van der Waals surface area contributed by atoms with E-state index in [2.05, 4.69) is 10.3 Å². The van der Waals surface area contributed by atoms with Gasteiger partial charge in [-0.25, -0.2) is 4.98 Å². The molecular weight excluding hydrogens is 390 g/mol. The van der Waals surface area contributed by atoms with Crippen molar-refractivity contribution in [3.63, 3.8) is 0 Å². The maximum Gasteiger partial charge on any atom is 0.244 e. The molecule has 2 aliphatic rings. The Balaban J connectivity index is 1.54. The first kappa shape index (κ1) is 19.2. The number of nitrogens with zero attached hydrogens (tertiary/aromatic N) is 2. The van der Waals surface area contributed by atoms with Gasteiger partial charge in [-0.2, -0.15) is 0 Å². The van der Waals surface area contributed by atoms with Gasteiger partial charge in [0.2, 0.25) is 5.91 Å². The molecule has 2 aromatic carbocycles. The smallest absolute Gasteiger partial charge is 0.244 e. The second-order valence-corrected chi connectivity index (χ2v) is 7.69. The molecule has 5 atom stereocenters. The zero-order valence-electron chi connectivity index (χ0n) is 15.8. The molecule has 1 aromatic heterocycles. The standard InChI is InChI=1S/C21H21N3O6/c25-8-15-18(27)19(28)20(29)21(30-15)11-3-1-2-10(4-11)12-5-13-17-14(6-12)23-16(26)7-24(17)9-22-13/h1-6,9,15,18-21,25,27-29H,7-8H2,(H,23,26). The van der Waals surface area contributed by atoms with Gasteiger partial charge in [-0.05, 0) is 34.9 Å². The highest BCUT2D eigenvalue weighted by Gasteiger charge is 2.43. The predicted molar refractivity (Wildman–Crippen MR) is 107 cm³/mol. The molecule has 156 valence electrons. The zero-order chi connectivity index (χ0) is 21.0. The van der Waals surface area contributed by atoms with Crippen LogP contribution in [0.4, 0.5) is 5.69 Å². The van der Waals surface area contributed by atoms with Gasteiger partial charge in [-0.15, -0.1) is 0 Å². The second-order valence-electron chi connectivity index (χ2n) is 7.69. The molecular formula is C21H21N3O6. The van der Waals surface area contributed by atoms with Crippen molar-refractivity contribution < 1.29 is 30.0 Å². The summed E-state index contributed by atoms with van der Waals surface area (Å²) >= 11 is 0. The lowest BCUT2D eigenvalue weighted by molar-refractivity contribution is -0.231. The number of carbonyl (C=O) groups is 1. The van der Waals surface area contributed by atoms with Crippen molar-refractivity contribution in [2.75, 3.05) is 11.9 Å². The Hall–Kier alpha value is -2.82. The minimum absolute atomic E-state index is 0.117. The van der Waals surface area contributed by atoms with Crippen LogP contribution in [0.25, 0.3) is 22.2 Å². The number of aliphatic hydroxyl groups is 4. The maximum atomic E-state index is 12.0. The fraction of sp³-hybridized carbons (Fsp3) is 0.333. The average molecular weight is 411 g/mol. The van der Waals surface area contributed by atoms with E-state index in [1.54, 1.807) is 23.0 Å².